The van der Waals surface area contributed by atoms with E-state index in [1.165, 1.54) is 14.0 Å². The van der Waals surface area contributed by atoms with Crippen LogP contribution in [0.2, 0.25) is 0 Å². The third-order valence-electron chi connectivity index (χ3n) is 4.81. The van der Waals surface area contributed by atoms with E-state index in [-0.39, 0.29) is 5.92 Å². The highest BCUT2D eigenvalue weighted by molar-refractivity contribution is 5.99. The normalized spacial score (nSPS) is 12.6. The maximum Gasteiger partial charge on any atom is 0.329 e. The molecular formula is C24H30N2O5. The van der Waals surface area contributed by atoms with Gasteiger partial charge in [0, 0.05) is 6.54 Å². The summed E-state index contributed by atoms with van der Waals surface area (Å²) in [6.07, 6.45) is -0.998. The summed E-state index contributed by atoms with van der Waals surface area (Å²) < 4.78 is 10.5. The Labute approximate surface area is 183 Å². The topological polar surface area (TPSA) is 93.7 Å². The van der Waals surface area contributed by atoms with Gasteiger partial charge in [-0.3, -0.25) is 9.59 Å². The smallest absolute Gasteiger partial charge is 0.329 e. The van der Waals surface area contributed by atoms with E-state index in [4.69, 9.17) is 9.47 Å². The van der Waals surface area contributed by atoms with Crippen molar-refractivity contribution in [1.82, 2.24) is 10.6 Å². The second kappa shape index (κ2) is 11.2. The van der Waals surface area contributed by atoms with Crippen LogP contribution >= 0.6 is 0 Å². The predicted octanol–water partition coefficient (Wildman–Crippen LogP) is 3.01. The summed E-state index contributed by atoms with van der Waals surface area (Å²) >= 11 is 0. The zero-order valence-corrected chi connectivity index (χ0v) is 18.6. The summed E-state index contributed by atoms with van der Waals surface area (Å²) in [6, 6.07) is 13.6. The minimum Gasteiger partial charge on any atom is -0.496 e. The molecule has 2 amide bonds. The number of esters is 1. The first-order valence-electron chi connectivity index (χ1n) is 10.2. The zero-order chi connectivity index (χ0) is 23.0. The predicted molar refractivity (Wildman–Crippen MR) is 118 cm³/mol. The fourth-order valence-corrected chi connectivity index (χ4v) is 2.89. The highest BCUT2D eigenvalue weighted by atomic mass is 16.5. The first-order chi connectivity index (χ1) is 14.7. The van der Waals surface area contributed by atoms with Crippen molar-refractivity contribution in [3.8, 4) is 5.75 Å². The Morgan fingerprint density at radius 3 is 2.23 bits per heavy atom. The van der Waals surface area contributed by atoms with Crippen molar-refractivity contribution in [2.75, 3.05) is 7.11 Å². The van der Waals surface area contributed by atoms with Crippen molar-refractivity contribution in [3.63, 3.8) is 0 Å². The van der Waals surface area contributed by atoms with Crippen molar-refractivity contribution in [3.05, 3.63) is 65.2 Å². The first-order valence-corrected chi connectivity index (χ1v) is 10.2. The average Bonchev–Trinajstić information content (AvgIpc) is 2.76. The van der Waals surface area contributed by atoms with Crippen LogP contribution in [0.5, 0.6) is 5.75 Å². The van der Waals surface area contributed by atoms with Gasteiger partial charge in [-0.05, 0) is 37.5 Å². The van der Waals surface area contributed by atoms with E-state index in [1.54, 1.807) is 38.1 Å². The van der Waals surface area contributed by atoms with Crippen molar-refractivity contribution in [2.24, 2.45) is 5.92 Å². The monoisotopic (exact) mass is 426 g/mol. The number of benzene rings is 2. The molecular weight excluding hydrogens is 396 g/mol. The maximum absolute atomic E-state index is 12.7. The molecule has 0 aliphatic rings. The van der Waals surface area contributed by atoms with Gasteiger partial charge in [0.2, 0.25) is 0 Å². The van der Waals surface area contributed by atoms with Crippen molar-refractivity contribution < 1.29 is 23.9 Å². The lowest BCUT2D eigenvalue weighted by Gasteiger charge is -2.23. The number of carbonyl (C=O) groups excluding carboxylic acids is 3. The van der Waals surface area contributed by atoms with Gasteiger partial charge in [-0.25, -0.2) is 4.79 Å². The van der Waals surface area contributed by atoms with Gasteiger partial charge in [-0.2, -0.15) is 0 Å². The first kappa shape index (κ1) is 23.9. The standard InChI is InChI=1S/C24H30N2O5/c1-15(2)21(26-23(28)19-8-6-7-9-20(19)30-5)24(29)31-17(4)22(27)25-14-18-12-10-16(3)11-13-18/h6-13,15,17,21H,14H2,1-5H3,(H,25,27)(H,26,28)/t17-,21+/m1/s1. The third kappa shape index (κ3) is 6.84. The largest absolute Gasteiger partial charge is 0.496 e. The molecule has 2 aromatic carbocycles. The molecule has 0 aromatic heterocycles. The van der Waals surface area contributed by atoms with Gasteiger partial charge in [-0.1, -0.05) is 55.8 Å². The molecule has 0 unspecified atom stereocenters. The number of methoxy groups -OCH3 is 1. The van der Waals surface area contributed by atoms with Gasteiger partial charge >= 0.3 is 5.97 Å². The van der Waals surface area contributed by atoms with Crippen molar-refractivity contribution in [1.29, 1.82) is 0 Å². The van der Waals surface area contributed by atoms with Crippen LogP contribution in [-0.2, 0) is 20.9 Å². The quantitative estimate of drug-likeness (QED) is 0.601. The molecule has 0 radical (unpaired) electrons. The summed E-state index contributed by atoms with van der Waals surface area (Å²) in [4.78, 5) is 37.7. The van der Waals surface area contributed by atoms with Crippen LogP contribution in [0.4, 0.5) is 0 Å². The number of aryl methyl sites for hydroxylation is 1. The van der Waals surface area contributed by atoms with Gasteiger partial charge < -0.3 is 20.1 Å². The molecule has 0 bridgehead atoms. The SMILES string of the molecule is COc1ccccc1C(=O)N[C@H](C(=O)O[C@H](C)C(=O)NCc1ccc(C)cc1)C(C)C. The zero-order valence-electron chi connectivity index (χ0n) is 18.6. The average molecular weight is 427 g/mol. The number of nitrogens with one attached hydrogen (secondary N) is 2. The van der Waals surface area contributed by atoms with E-state index in [0.29, 0.717) is 17.9 Å². The summed E-state index contributed by atoms with van der Waals surface area (Å²) in [5, 5.41) is 5.44. The van der Waals surface area contributed by atoms with E-state index >= 15 is 0 Å². The van der Waals surface area contributed by atoms with Gasteiger partial charge in [0.25, 0.3) is 11.8 Å². The number of ether oxygens (including phenoxy) is 2. The van der Waals surface area contributed by atoms with E-state index in [9.17, 15) is 14.4 Å². The minimum absolute atomic E-state index is 0.242. The highest BCUT2D eigenvalue weighted by Gasteiger charge is 2.29. The minimum atomic E-state index is -0.998. The molecule has 0 heterocycles. The number of para-hydroxylation sites is 1. The molecule has 0 saturated heterocycles. The van der Waals surface area contributed by atoms with Gasteiger partial charge in [0.15, 0.2) is 6.10 Å². The lowest BCUT2D eigenvalue weighted by Crippen LogP contribution is -2.47. The molecule has 0 aliphatic carbocycles. The Hall–Kier alpha value is -3.35. The summed E-state index contributed by atoms with van der Waals surface area (Å²) in [5.74, 6) is -1.37. The van der Waals surface area contributed by atoms with Crippen molar-refractivity contribution in [2.45, 2.75) is 46.4 Å². The van der Waals surface area contributed by atoms with Crippen LogP contribution in [0.3, 0.4) is 0 Å². The lowest BCUT2D eigenvalue weighted by molar-refractivity contribution is -0.157. The van der Waals surface area contributed by atoms with Crippen LogP contribution in [0.15, 0.2) is 48.5 Å². The summed E-state index contributed by atoms with van der Waals surface area (Å²) in [6.45, 7) is 7.40. The molecule has 0 spiro atoms. The second-order valence-corrected chi connectivity index (χ2v) is 7.68. The number of hydrogen-bond acceptors (Lipinski definition) is 5. The molecule has 2 rings (SSSR count). The molecule has 2 N–H and O–H groups in total. The summed E-state index contributed by atoms with van der Waals surface area (Å²) in [5.41, 5.74) is 2.39. The van der Waals surface area contributed by atoms with Gasteiger partial charge in [0.1, 0.15) is 11.8 Å². The molecule has 0 aliphatic heterocycles. The van der Waals surface area contributed by atoms with Gasteiger partial charge in [-0.15, -0.1) is 0 Å². The van der Waals surface area contributed by atoms with Crippen LogP contribution in [0.25, 0.3) is 0 Å². The molecule has 2 aromatic rings. The molecule has 31 heavy (non-hydrogen) atoms. The van der Waals surface area contributed by atoms with Crippen LogP contribution < -0.4 is 15.4 Å². The van der Waals surface area contributed by atoms with Gasteiger partial charge in [0.05, 0.1) is 12.7 Å². The second-order valence-electron chi connectivity index (χ2n) is 7.68. The van der Waals surface area contributed by atoms with Crippen LogP contribution in [-0.4, -0.2) is 37.0 Å². The fourth-order valence-electron chi connectivity index (χ4n) is 2.89. The molecule has 0 saturated carbocycles. The fraction of sp³-hybridized carbons (Fsp3) is 0.375. The number of carbonyl (C=O) groups is 3. The lowest BCUT2D eigenvalue weighted by atomic mass is 10.0. The third-order valence-corrected chi connectivity index (χ3v) is 4.81. The molecule has 7 heteroatoms. The van der Waals surface area contributed by atoms with Crippen LogP contribution in [0.1, 0.15) is 42.3 Å². The van der Waals surface area contributed by atoms with E-state index in [2.05, 4.69) is 10.6 Å². The molecule has 2 atom stereocenters. The number of hydrogen-bond donors (Lipinski definition) is 2. The Bertz CT molecular complexity index is 908. The Morgan fingerprint density at radius 1 is 0.968 bits per heavy atom. The van der Waals surface area contributed by atoms with E-state index in [0.717, 1.165) is 11.1 Å². The number of amides is 2. The molecule has 0 fully saturated rings. The summed E-state index contributed by atoms with van der Waals surface area (Å²) in [7, 11) is 1.47. The molecule has 166 valence electrons. The maximum atomic E-state index is 12.7. The number of rotatable bonds is 9. The van der Waals surface area contributed by atoms with Crippen molar-refractivity contribution >= 4 is 17.8 Å². The molecule has 7 nitrogen and oxygen atoms in total. The van der Waals surface area contributed by atoms with E-state index in [1.807, 2.05) is 31.2 Å². The van der Waals surface area contributed by atoms with E-state index < -0.39 is 29.9 Å². The Kier molecular flexibility index (Phi) is 8.61. The Balaban J connectivity index is 1.96. The Morgan fingerprint density at radius 2 is 1.61 bits per heavy atom. The highest BCUT2D eigenvalue weighted by Crippen LogP contribution is 2.18. The van der Waals surface area contributed by atoms with Crippen LogP contribution in [0, 0.1) is 12.8 Å².